The van der Waals surface area contributed by atoms with Crippen LogP contribution in [0.15, 0.2) is 18.2 Å². The maximum absolute atomic E-state index is 10.1. The van der Waals surface area contributed by atoms with Gasteiger partial charge in [0.2, 0.25) is 0 Å². The molecule has 1 unspecified atom stereocenters. The minimum atomic E-state index is -0.431. The molecule has 3 nitrogen and oxygen atoms in total. The first-order valence-corrected chi connectivity index (χ1v) is 6.31. The molecule has 0 aliphatic carbocycles. The molecule has 1 aromatic rings. The van der Waals surface area contributed by atoms with E-state index in [1.54, 1.807) is 0 Å². The van der Waals surface area contributed by atoms with Crippen molar-refractivity contribution in [1.29, 1.82) is 0 Å². The fraction of sp³-hybridized carbons (Fsp3) is 0.571. The van der Waals surface area contributed by atoms with Crippen LogP contribution in [0.5, 0.6) is 5.75 Å². The van der Waals surface area contributed by atoms with Gasteiger partial charge >= 0.3 is 0 Å². The Morgan fingerprint density at radius 1 is 1.35 bits per heavy atom. The van der Waals surface area contributed by atoms with Gasteiger partial charge < -0.3 is 15.2 Å². The molecule has 3 heteroatoms. The molecule has 0 aromatic heterocycles. The SMILES string of the molecule is CC(C)CNCC(O)c1ccc2c(c1)CCO2. The Morgan fingerprint density at radius 2 is 2.18 bits per heavy atom. The van der Waals surface area contributed by atoms with Crippen LogP contribution in [0.25, 0.3) is 0 Å². The van der Waals surface area contributed by atoms with Crippen molar-refractivity contribution in [3.63, 3.8) is 0 Å². The van der Waals surface area contributed by atoms with Gasteiger partial charge in [0.15, 0.2) is 0 Å². The molecule has 0 fully saturated rings. The number of hydrogen-bond donors (Lipinski definition) is 2. The molecule has 0 saturated heterocycles. The van der Waals surface area contributed by atoms with E-state index in [1.807, 2.05) is 12.1 Å². The molecule has 1 aromatic carbocycles. The molecule has 2 N–H and O–H groups in total. The van der Waals surface area contributed by atoms with Crippen LogP contribution in [0.4, 0.5) is 0 Å². The molecule has 17 heavy (non-hydrogen) atoms. The molecule has 0 amide bonds. The number of aliphatic hydroxyl groups is 1. The van der Waals surface area contributed by atoms with Gasteiger partial charge in [0, 0.05) is 13.0 Å². The number of fused-ring (bicyclic) bond motifs is 1. The van der Waals surface area contributed by atoms with Gasteiger partial charge in [0.1, 0.15) is 5.75 Å². The minimum absolute atomic E-state index is 0.431. The Bertz CT molecular complexity index is 376. The van der Waals surface area contributed by atoms with E-state index < -0.39 is 6.10 Å². The second-order valence-corrected chi connectivity index (χ2v) is 5.03. The molecule has 94 valence electrons. The van der Waals surface area contributed by atoms with Crippen molar-refractivity contribution >= 4 is 0 Å². The lowest BCUT2D eigenvalue weighted by Gasteiger charge is -2.14. The fourth-order valence-electron chi connectivity index (χ4n) is 2.04. The topological polar surface area (TPSA) is 41.5 Å². The summed E-state index contributed by atoms with van der Waals surface area (Å²) < 4.78 is 5.45. The summed E-state index contributed by atoms with van der Waals surface area (Å²) in [5, 5.41) is 13.3. The van der Waals surface area contributed by atoms with Crippen LogP contribution in [0.1, 0.15) is 31.1 Å². The van der Waals surface area contributed by atoms with Gasteiger partial charge in [-0.3, -0.25) is 0 Å². The first-order chi connectivity index (χ1) is 8.16. The lowest BCUT2D eigenvalue weighted by atomic mass is 10.0. The van der Waals surface area contributed by atoms with E-state index in [0.29, 0.717) is 12.5 Å². The quantitative estimate of drug-likeness (QED) is 0.819. The van der Waals surface area contributed by atoms with Gasteiger partial charge in [-0.15, -0.1) is 0 Å². The summed E-state index contributed by atoms with van der Waals surface area (Å²) in [5.41, 5.74) is 2.19. The predicted octanol–water partition coefficient (Wildman–Crippen LogP) is 1.90. The zero-order chi connectivity index (χ0) is 12.3. The van der Waals surface area contributed by atoms with Crippen LogP contribution in [-0.4, -0.2) is 24.8 Å². The van der Waals surface area contributed by atoms with Crippen LogP contribution < -0.4 is 10.1 Å². The summed E-state index contributed by atoms with van der Waals surface area (Å²) in [7, 11) is 0. The second-order valence-electron chi connectivity index (χ2n) is 5.03. The Kier molecular flexibility index (Phi) is 4.02. The number of hydrogen-bond acceptors (Lipinski definition) is 3. The zero-order valence-electron chi connectivity index (χ0n) is 10.6. The van der Waals surface area contributed by atoms with Gasteiger partial charge in [0.25, 0.3) is 0 Å². The van der Waals surface area contributed by atoms with Crippen LogP contribution in [0.2, 0.25) is 0 Å². The smallest absolute Gasteiger partial charge is 0.122 e. The third-order valence-corrected chi connectivity index (χ3v) is 2.99. The maximum Gasteiger partial charge on any atom is 0.122 e. The third-order valence-electron chi connectivity index (χ3n) is 2.99. The molecule has 1 atom stereocenters. The summed E-state index contributed by atoms with van der Waals surface area (Å²) in [6, 6.07) is 5.97. The van der Waals surface area contributed by atoms with Crippen molar-refractivity contribution in [2.45, 2.75) is 26.4 Å². The molecule has 2 rings (SSSR count). The molecular formula is C14H21NO2. The highest BCUT2D eigenvalue weighted by atomic mass is 16.5. The van der Waals surface area contributed by atoms with E-state index in [2.05, 4.69) is 25.2 Å². The van der Waals surface area contributed by atoms with Crippen molar-refractivity contribution in [2.75, 3.05) is 19.7 Å². The van der Waals surface area contributed by atoms with E-state index in [0.717, 1.165) is 30.9 Å². The monoisotopic (exact) mass is 235 g/mol. The minimum Gasteiger partial charge on any atom is -0.493 e. The summed E-state index contributed by atoms with van der Waals surface area (Å²) in [4.78, 5) is 0. The van der Waals surface area contributed by atoms with Gasteiger partial charge in [-0.05, 0) is 35.7 Å². The predicted molar refractivity (Wildman–Crippen MR) is 68.3 cm³/mol. The second kappa shape index (κ2) is 5.52. The van der Waals surface area contributed by atoms with Crippen LogP contribution in [0.3, 0.4) is 0 Å². The van der Waals surface area contributed by atoms with Crippen molar-refractivity contribution in [3.05, 3.63) is 29.3 Å². The number of ether oxygens (including phenoxy) is 1. The molecule has 1 aliphatic heterocycles. The fourth-order valence-corrected chi connectivity index (χ4v) is 2.04. The van der Waals surface area contributed by atoms with Crippen LogP contribution >= 0.6 is 0 Å². The summed E-state index contributed by atoms with van der Waals surface area (Å²) in [5.74, 6) is 1.58. The first-order valence-electron chi connectivity index (χ1n) is 6.31. The Morgan fingerprint density at radius 3 is 2.94 bits per heavy atom. The highest BCUT2D eigenvalue weighted by molar-refractivity contribution is 5.40. The first kappa shape index (κ1) is 12.4. The zero-order valence-corrected chi connectivity index (χ0v) is 10.6. The van der Waals surface area contributed by atoms with E-state index in [1.165, 1.54) is 5.56 Å². The van der Waals surface area contributed by atoms with Crippen LogP contribution in [-0.2, 0) is 6.42 Å². The molecule has 0 spiro atoms. The normalized spacial score (nSPS) is 15.8. The summed E-state index contributed by atoms with van der Waals surface area (Å²) >= 11 is 0. The molecule has 0 bridgehead atoms. The maximum atomic E-state index is 10.1. The Labute approximate surface area is 103 Å². The van der Waals surface area contributed by atoms with Gasteiger partial charge in [-0.25, -0.2) is 0 Å². The van der Waals surface area contributed by atoms with Crippen molar-refractivity contribution in [1.82, 2.24) is 5.32 Å². The average Bonchev–Trinajstić information content (AvgIpc) is 2.75. The van der Waals surface area contributed by atoms with Gasteiger partial charge in [-0.2, -0.15) is 0 Å². The van der Waals surface area contributed by atoms with E-state index in [9.17, 15) is 5.11 Å². The number of aliphatic hydroxyl groups excluding tert-OH is 1. The molecule has 1 aliphatic rings. The molecule has 0 radical (unpaired) electrons. The number of rotatable bonds is 5. The van der Waals surface area contributed by atoms with Gasteiger partial charge in [0.05, 0.1) is 12.7 Å². The summed E-state index contributed by atoms with van der Waals surface area (Å²) in [6.07, 6.45) is 0.523. The lowest BCUT2D eigenvalue weighted by molar-refractivity contribution is 0.173. The average molecular weight is 235 g/mol. The van der Waals surface area contributed by atoms with E-state index in [-0.39, 0.29) is 0 Å². The highest BCUT2D eigenvalue weighted by Crippen LogP contribution is 2.27. The standard InChI is InChI=1S/C14H21NO2/c1-10(2)8-15-9-13(16)11-3-4-14-12(7-11)5-6-17-14/h3-4,7,10,13,15-16H,5-6,8-9H2,1-2H3. The Balaban J connectivity index is 1.92. The number of benzene rings is 1. The van der Waals surface area contributed by atoms with Crippen molar-refractivity contribution in [3.8, 4) is 5.75 Å². The van der Waals surface area contributed by atoms with E-state index in [4.69, 9.17) is 4.74 Å². The summed E-state index contributed by atoms with van der Waals surface area (Å²) in [6.45, 7) is 6.63. The largest absolute Gasteiger partial charge is 0.493 e. The molecular weight excluding hydrogens is 214 g/mol. The van der Waals surface area contributed by atoms with Gasteiger partial charge in [-0.1, -0.05) is 19.9 Å². The van der Waals surface area contributed by atoms with Crippen molar-refractivity contribution in [2.24, 2.45) is 5.92 Å². The van der Waals surface area contributed by atoms with E-state index >= 15 is 0 Å². The highest BCUT2D eigenvalue weighted by Gasteiger charge is 2.15. The molecule has 1 heterocycles. The lowest BCUT2D eigenvalue weighted by Crippen LogP contribution is -2.25. The Hall–Kier alpha value is -1.06. The van der Waals surface area contributed by atoms with Crippen molar-refractivity contribution < 1.29 is 9.84 Å². The van der Waals surface area contributed by atoms with Crippen LogP contribution in [0, 0.1) is 5.92 Å². The molecule has 0 saturated carbocycles. The number of nitrogens with one attached hydrogen (secondary N) is 1. The third kappa shape index (κ3) is 3.20.